The molecule has 3 aliphatic heterocycles. The summed E-state index contributed by atoms with van der Waals surface area (Å²) < 4.78 is 35.6. The minimum atomic E-state index is -0.752. The Morgan fingerprint density at radius 2 is 1.77 bits per heavy atom. The second kappa shape index (κ2) is 20.1. The van der Waals surface area contributed by atoms with Crippen molar-refractivity contribution in [3.63, 3.8) is 0 Å². The molecule has 0 saturated carbocycles. The number of ether oxygens (including phenoxy) is 1. The SMILES string of the molecule is N/C=N/C=C1/CN=C(c2c(F)cccc2F)c2cc(Cl)ccc2/C1=N/c1ccc(/C=C\NCCNCCOCC(=O)Nc2cccc3c2CN(C2CCC(=O)NC2=O)C3=O)cc1. The summed E-state index contributed by atoms with van der Waals surface area (Å²) in [6, 6.07) is 20.5. The molecule has 1 saturated heterocycles. The Kier molecular flexibility index (Phi) is 14.0. The Morgan fingerprint density at radius 1 is 0.984 bits per heavy atom. The maximum atomic E-state index is 15.0. The fourth-order valence-electron chi connectivity index (χ4n) is 7.23. The number of nitrogens with one attached hydrogen (secondary N) is 4. The van der Waals surface area contributed by atoms with Gasteiger partial charge < -0.3 is 31.3 Å². The molecule has 17 heteroatoms. The monoisotopic (exact) mass is 861 g/mol. The van der Waals surface area contributed by atoms with Crippen LogP contribution in [0.25, 0.3) is 6.08 Å². The molecule has 318 valence electrons. The van der Waals surface area contributed by atoms with E-state index in [1.165, 1.54) is 29.3 Å². The van der Waals surface area contributed by atoms with E-state index in [1.807, 2.05) is 36.5 Å². The number of aliphatic imine (C=N–C) groups is 3. The molecule has 0 bridgehead atoms. The fraction of sp³-hybridized carbons (Fsp3) is 0.222. The Bertz CT molecular complexity index is 2520. The average Bonchev–Trinajstić information content (AvgIpc) is 3.52. The lowest BCUT2D eigenvalue weighted by atomic mass is 9.93. The van der Waals surface area contributed by atoms with E-state index >= 15 is 8.78 Å². The number of amides is 4. The van der Waals surface area contributed by atoms with Crippen molar-refractivity contribution >= 4 is 70.4 Å². The van der Waals surface area contributed by atoms with Crippen molar-refractivity contribution < 1.29 is 32.7 Å². The maximum Gasteiger partial charge on any atom is 0.255 e. The van der Waals surface area contributed by atoms with Gasteiger partial charge in [0, 0.05) is 77.3 Å². The third-order valence-corrected chi connectivity index (χ3v) is 10.4. The molecule has 1 atom stereocenters. The molecular weight excluding hydrogens is 820 g/mol. The number of anilines is 1. The van der Waals surface area contributed by atoms with E-state index in [9.17, 15) is 19.2 Å². The first-order valence-electron chi connectivity index (χ1n) is 19.8. The lowest BCUT2D eigenvalue weighted by molar-refractivity contribution is -0.137. The minimum Gasteiger partial charge on any atom is -0.390 e. The number of hydrogen-bond donors (Lipinski definition) is 5. The molecule has 7 rings (SSSR count). The van der Waals surface area contributed by atoms with Gasteiger partial charge in [-0.05, 0) is 72.8 Å². The van der Waals surface area contributed by atoms with Crippen LogP contribution in [-0.4, -0.2) is 91.7 Å². The summed E-state index contributed by atoms with van der Waals surface area (Å²) in [5.41, 5.74) is 10.5. The van der Waals surface area contributed by atoms with Crippen LogP contribution in [0.2, 0.25) is 5.02 Å². The van der Waals surface area contributed by atoms with E-state index in [4.69, 9.17) is 27.1 Å². The Balaban J connectivity index is 0.864. The van der Waals surface area contributed by atoms with Gasteiger partial charge in [0.1, 0.15) is 24.3 Å². The third kappa shape index (κ3) is 10.2. The van der Waals surface area contributed by atoms with Crippen LogP contribution in [0.3, 0.4) is 0 Å². The smallest absolute Gasteiger partial charge is 0.255 e. The van der Waals surface area contributed by atoms with Crippen LogP contribution in [-0.2, 0) is 25.7 Å². The van der Waals surface area contributed by atoms with E-state index in [0.717, 1.165) is 11.9 Å². The normalized spacial score (nSPS) is 17.7. The maximum absolute atomic E-state index is 15.0. The molecule has 4 aromatic rings. The summed E-state index contributed by atoms with van der Waals surface area (Å²) in [5, 5.41) is 11.9. The number of carbonyl (C=O) groups excluding carboxylic acids is 4. The highest BCUT2D eigenvalue weighted by Crippen LogP contribution is 2.33. The van der Waals surface area contributed by atoms with Crippen LogP contribution >= 0.6 is 11.6 Å². The second-order valence-electron chi connectivity index (χ2n) is 14.3. The number of nitrogens with zero attached hydrogens (tertiary/aromatic N) is 4. The zero-order chi connectivity index (χ0) is 43.6. The van der Waals surface area contributed by atoms with Gasteiger partial charge in [0.05, 0.1) is 42.2 Å². The van der Waals surface area contributed by atoms with Gasteiger partial charge in [-0.1, -0.05) is 41.9 Å². The van der Waals surface area contributed by atoms with E-state index in [1.54, 1.807) is 36.4 Å². The van der Waals surface area contributed by atoms with Gasteiger partial charge in [-0.2, -0.15) is 0 Å². The molecule has 3 aliphatic rings. The van der Waals surface area contributed by atoms with Gasteiger partial charge in [-0.25, -0.2) is 18.8 Å². The summed E-state index contributed by atoms with van der Waals surface area (Å²) in [4.78, 5) is 64.7. The summed E-state index contributed by atoms with van der Waals surface area (Å²) in [5.74, 6) is -3.05. The van der Waals surface area contributed by atoms with Crippen LogP contribution in [0, 0.1) is 11.6 Å². The quantitative estimate of drug-likeness (QED) is 0.0476. The molecule has 3 heterocycles. The fourth-order valence-corrected chi connectivity index (χ4v) is 7.40. The van der Waals surface area contributed by atoms with Gasteiger partial charge in [0.15, 0.2) is 0 Å². The first-order valence-corrected chi connectivity index (χ1v) is 20.1. The molecular formula is C45H42ClF2N9O5. The number of halogens is 3. The first-order chi connectivity index (χ1) is 30.1. The number of fused-ring (bicyclic) bond motifs is 2. The molecule has 4 amide bonds. The van der Waals surface area contributed by atoms with E-state index in [0.29, 0.717) is 76.2 Å². The van der Waals surface area contributed by atoms with Crippen molar-refractivity contribution in [1.29, 1.82) is 0 Å². The molecule has 4 aromatic carbocycles. The largest absolute Gasteiger partial charge is 0.390 e. The zero-order valence-corrected chi connectivity index (χ0v) is 34.1. The highest BCUT2D eigenvalue weighted by Gasteiger charge is 2.40. The van der Waals surface area contributed by atoms with Gasteiger partial charge in [0.2, 0.25) is 17.7 Å². The van der Waals surface area contributed by atoms with Gasteiger partial charge in [-0.3, -0.25) is 29.5 Å². The molecule has 1 unspecified atom stereocenters. The highest BCUT2D eigenvalue weighted by atomic mass is 35.5. The van der Waals surface area contributed by atoms with Gasteiger partial charge >= 0.3 is 0 Å². The Morgan fingerprint density at radius 3 is 2.55 bits per heavy atom. The molecule has 6 N–H and O–H groups in total. The van der Waals surface area contributed by atoms with Crippen molar-refractivity contribution in [2.75, 3.05) is 44.7 Å². The summed E-state index contributed by atoms with van der Waals surface area (Å²) in [6.45, 7) is 2.06. The number of rotatable bonds is 15. The molecule has 62 heavy (non-hydrogen) atoms. The van der Waals surface area contributed by atoms with Crippen molar-refractivity contribution in [2.45, 2.75) is 25.4 Å². The highest BCUT2D eigenvalue weighted by molar-refractivity contribution is 6.32. The van der Waals surface area contributed by atoms with E-state index in [2.05, 4.69) is 31.3 Å². The van der Waals surface area contributed by atoms with Crippen molar-refractivity contribution in [3.05, 3.63) is 147 Å². The topological polar surface area (TPSA) is 192 Å². The summed E-state index contributed by atoms with van der Waals surface area (Å²) >= 11 is 6.38. The first kappa shape index (κ1) is 43.2. The second-order valence-corrected chi connectivity index (χ2v) is 14.8. The van der Waals surface area contributed by atoms with Crippen LogP contribution in [0.1, 0.15) is 51.0 Å². The molecule has 0 aliphatic carbocycles. The Labute approximate surface area is 360 Å². The predicted molar refractivity (Wildman–Crippen MR) is 234 cm³/mol. The lowest BCUT2D eigenvalue weighted by Gasteiger charge is -2.29. The van der Waals surface area contributed by atoms with Crippen molar-refractivity contribution in [1.82, 2.24) is 20.9 Å². The molecule has 14 nitrogen and oxygen atoms in total. The number of carbonyl (C=O) groups is 4. The van der Waals surface area contributed by atoms with E-state index < -0.39 is 23.6 Å². The van der Waals surface area contributed by atoms with Crippen LogP contribution < -0.4 is 27.0 Å². The number of piperidine rings is 1. The minimum absolute atomic E-state index is 0.0232. The summed E-state index contributed by atoms with van der Waals surface area (Å²) in [6.07, 6.45) is 6.81. The van der Waals surface area contributed by atoms with Gasteiger partial charge in [-0.15, -0.1) is 0 Å². The van der Waals surface area contributed by atoms with Crippen LogP contribution in [0.15, 0.2) is 112 Å². The molecule has 0 spiro atoms. The van der Waals surface area contributed by atoms with Gasteiger partial charge in [0.25, 0.3) is 5.91 Å². The van der Waals surface area contributed by atoms with Crippen molar-refractivity contribution in [2.24, 2.45) is 20.7 Å². The third-order valence-electron chi connectivity index (χ3n) is 10.2. The zero-order valence-electron chi connectivity index (χ0n) is 33.3. The molecule has 0 radical (unpaired) electrons. The molecule has 0 aromatic heterocycles. The summed E-state index contributed by atoms with van der Waals surface area (Å²) in [7, 11) is 0. The predicted octanol–water partition coefficient (Wildman–Crippen LogP) is 5.03. The number of benzene rings is 4. The molecule has 1 fully saturated rings. The van der Waals surface area contributed by atoms with E-state index in [-0.39, 0.29) is 61.5 Å². The van der Waals surface area contributed by atoms with Crippen LogP contribution in [0.4, 0.5) is 20.2 Å². The lowest BCUT2D eigenvalue weighted by Crippen LogP contribution is -2.52. The number of hydrogen-bond acceptors (Lipinski definition) is 10. The number of nitrogens with two attached hydrogens (primary N) is 1. The average molecular weight is 862 g/mol. The van der Waals surface area contributed by atoms with Crippen molar-refractivity contribution in [3.8, 4) is 0 Å². The van der Waals surface area contributed by atoms with Crippen LogP contribution in [0.5, 0.6) is 0 Å². The standard InChI is InChI=1S/C45H42ClF2N9O5/c46-29-9-12-31-33(21-29)43(41-35(47)4-2-5-36(41)48)53-23-28(22-52-26-49)42(31)54-30-10-7-27(8-11-30)15-16-50-17-18-51-19-20-62-25-40(59)55-37-6-1-3-32-34(37)24-57(45(32)61)38-13-14-39(58)56-44(38)60/h1-12,15-16,21-22,26,38,50-51H,13-14,17-20,23-25H2,(H2,49,52)(H,55,59)(H,56,58,60)/b16-15-,28-22-,54-42+. The Hall–Kier alpha value is -6.88. The number of imide groups is 1.